The normalized spacial score (nSPS) is 12.4. The van der Waals surface area contributed by atoms with Crippen molar-refractivity contribution in [3.63, 3.8) is 0 Å². The van der Waals surface area contributed by atoms with Crippen LogP contribution in [0.15, 0.2) is 65.6 Å². The van der Waals surface area contributed by atoms with Gasteiger partial charge in [0.2, 0.25) is 10.0 Å². The van der Waals surface area contributed by atoms with E-state index in [0.29, 0.717) is 11.3 Å². The molecule has 0 aliphatic carbocycles. The van der Waals surface area contributed by atoms with Crippen LogP contribution in [-0.4, -0.2) is 23.2 Å². The lowest BCUT2D eigenvalue weighted by Crippen LogP contribution is -2.11. The van der Waals surface area contributed by atoms with Crippen molar-refractivity contribution in [1.29, 1.82) is 0 Å². The van der Waals surface area contributed by atoms with Crippen LogP contribution in [0.5, 0.6) is 0 Å². The number of hydrogen-bond acceptors (Lipinski definition) is 4. The quantitative estimate of drug-likeness (QED) is 0.529. The van der Waals surface area contributed by atoms with Crippen LogP contribution in [0.25, 0.3) is 28.0 Å². The molecular formula is C20H15F3N4O2S. The molecule has 154 valence electrons. The van der Waals surface area contributed by atoms with E-state index >= 15 is 0 Å². The summed E-state index contributed by atoms with van der Waals surface area (Å²) in [4.78, 5) is 4.28. The van der Waals surface area contributed by atoms with Crippen LogP contribution < -0.4 is 5.14 Å². The van der Waals surface area contributed by atoms with Crippen molar-refractivity contribution in [3.8, 4) is 16.9 Å². The second-order valence-electron chi connectivity index (χ2n) is 6.65. The van der Waals surface area contributed by atoms with Crippen LogP contribution in [0.1, 0.15) is 11.3 Å². The van der Waals surface area contributed by atoms with Crippen LogP contribution in [0.3, 0.4) is 0 Å². The van der Waals surface area contributed by atoms with E-state index in [-0.39, 0.29) is 27.3 Å². The number of para-hydroxylation sites is 1. The summed E-state index contributed by atoms with van der Waals surface area (Å²) >= 11 is 0. The summed E-state index contributed by atoms with van der Waals surface area (Å²) in [5.74, 6) is 0. The van der Waals surface area contributed by atoms with Gasteiger partial charge in [0.25, 0.3) is 0 Å². The summed E-state index contributed by atoms with van der Waals surface area (Å²) < 4.78 is 65.9. The molecule has 0 saturated carbocycles. The third-order valence-corrected chi connectivity index (χ3v) is 5.53. The highest BCUT2D eigenvalue weighted by Crippen LogP contribution is 2.38. The first-order valence-electron chi connectivity index (χ1n) is 8.72. The number of alkyl halides is 3. The number of halogens is 3. The maximum atomic E-state index is 13.9. The van der Waals surface area contributed by atoms with Gasteiger partial charge in [0.15, 0.2) is 5.65 Å². The Bertz CT molecular complexity index is 1350. The minimum atomic E-state index is -4.63. The van der Waals surface area contributed by atoms with E-state index in [2.05, 4.69) is 10.1 Å². The van der Waals surface area contributed by atoms with Crippen molar-refractivity contribution in [3.05, 3.63) is 71.9 Å². The van der Waals surface area contributed by atoms with E-state index in [1.807, 2.05) is 0 Å². The van der Waals surface area contributed by atoms with E-state index in [1.54, 1.807) is 30.3 Å². The van der Waals surface area contributed by atoms with Gasteiger partial charge in [0, 0.05) is 5.56 Å². The molecule has 0 aliphatic rings. The molecule has 2 aromatic heterocycles. The average molecular weight is 432 g/mol. The molecule has 10 heteroatoms. The predicted octanol–water partition coefficient (Wildman–Crippen LogP) is 4.06. The number of hydrogen-bond donors (Lipinski definition) is 1. The fraction of sp³-hybridized carbons (Fsp3) is 0.100. The van der Waals surface area contributed by atoms with Gasteiger partial charge in [-0.1, -0.05) is 30.3 Å². The van der Waals surface area contributed by atoms with Gasteiger partial charge in [-0.2, -0.15) is 18.3 Å². The second kappa shape index (κ2) is 6.92. The standard InChI is InChI=1S/C20H15F3N4O2S/c1-12-18-16(20(21,22)23)11-17(13-7-9-15(10-8-13)30(24,28)29)25-19(18)27(26-12)14-5-3-2-4-6-14/h2-11H,1H3,(H2,24,28,29). The number of nitrogens with zero attached hydrogens (tertiary/aromatic N) is 3. The first-order chi connectivity index (χ1) is 14.1. The van der Waals surface area contributed by atoms with E-state index in [4.69, 9.17) is 5.14 Å². The van der Waals surface area contributed by atoms with Gasteiger partial charge in [-0.25, -0.2) is 23.2 Å². The van der Waals surface area contributed by atoms with E-state index in [0.717, 1.165) is 6.07 Å². The van der Waals surface area contributed by atoms with Gasteiger partial charge in [0.1, 0.15) is 0 Å². The van der Waals surface area contributed by atoms with Gasteiger partial charge in [-0.15, -0.1) is 0 Å². The number of nitrogens with two attached hydrogens (primary N) is 1. The van der Waals surface area contributed by atoms with Gasteiger partial charge >= 0.3 is 6.18 Å². The fourth-order valence-corrected chi connectivity index (χ4v) is 3.74. The smallest absolute Gasteiger partial charge is 0.228 e. The molecule has 0 fully saturated rings. The van der Waals surface area contributed by atoms with Crippen molar-refractivity contribution < 1.29 is 21.6 Å². The van der Waals surface area contributed by atoms with Crippen molar-refractivity contribution in [2.45, 2.75) is 18.0 Å². The second-order valence-corrected chi connectivity index (χ2v) is 8.21. The highest BCUT2D eigenvalue weighted by atomic mass is 32.2. The molecule has 0 saturated heterocycles. The number of sulfonamides is 1. The van der Waals surface area contributed by atoms with Crippen molar-refractivity contribution in [1.82, 2.24) is 14.8 Å². The number of primary sulfonamides is 1. The molecule has 0 aliphatic heterocycles. The summed E-state index contributed by atoms with van der Waals surface area (Å²) in [6.07, 6.45) is -4.63. The lowest BCUT2D eigenvalue weighted by atomic mass is 10.1. The molecule has 0 radical (unpaired) electrons. The monoisotopic (exact) mass is 432 g/mol. The number of rotatable bonds is 3. The SMILES string of the molecule is Cc1nn(-c2ccccc2)c2nc(-c3ccc(S(N)(=O)=O)cc3)cc(C(F)(F)F)c12. The summed E-state index contributed by atoms with van der Waals surface area (Å²) in [6, 6.07) is 14.8. The molecular weight excluding hydrogens is 417 g/mol. The zero-order valence-corrected chi connectivity index (χ0v) is 16.4. The molecule has 2 N–H and O–H groups in total. The Labute approximate surface area is 169 Å². The van der Waals surface area contributed by atoms with Crippen LogP contribution >= 0.6 is 0 Å². The zero-order valence-electron chi connectivity index (χ0n) is 15.6. The van der Waals surface area contributed by atoms with Crippen LogP contribution in [-0.2, 0) is 16.2 Å². The largest absolute Gasteiger partial charge is 0.417 e. The maximum Gasteiger partial charge on any atom is 0.417 e. The Morgan fingerprint density at radius 3 is 2.20 bits per heavy atom. The molecule has 30 heavy (non-hydrogen) atoms. The highest BCUT2D eigenvalue weighted by molar-refractivity contribution is 7.89. The summed E-state index contributed by atoms with van der Waals surface area (Å²) in [5, 5.41) is 9.27. The van der Waals surface area contributed by atoms with E-state index < -0.39 is 21.8 Å². The summed E-state index contributed by atoms with van der Waals surface area (Å²) in [5.41, 5.74) is 0.306. The van der Waals surface area contributed by atoms with Crippen molar-refractivity contribution >= 4 is 21.1 Å². The van der Waals surface area contributed by atoms with Crippen molar-refractivity contribution in [2.24, 2.45) is 5.14 Å². The van der Waals surface area contributed by atoms with Gasteiger partial charge in [-0.3, -0.25) is 0 Å². The number of aromatic nitrogens is 3. The first kappa shape index (κ1) is 20.0. The Morgan fingerprint density at radius 1 is 1.00 bits per heavy atom. The summed E-state index contributed by atoms with van der Waals surface area (Å²) in [6.45, 7) is 1.50. The Kier molecular flexibility index (Phi) is 4.63. The first-order valence-corrected chi connectivity index (χ1v) is 10.3. The van der Waals surface area contributed by atoms with Crippen LogP contribution in [0.2, 0.25) is 0 Å². The molecule has 2 aromatic carbocycles. The molecule has 4 rings (SSSR count). The summed E-state index contributed by atoms with van der Waals surface area (Å²) in [7, 11) is -3.92. The molecule has 2 heterocycles. The van der Waals surface area contributed by atoms with Crippen LogP contribution in [0.4, 0.5) is 13.2 Å². The molecule has 0 amide bonds. The van der Waals surface area contributed by atoms with Gasteiger partial charge < -0.3 is 0 Å². The molecule has 0 atom stereocenters. The molecule has 0 spiro atoms. The molecule has 0 unspecified atom stereocenters. The van der Waals surface area contributed by atoms with Gasteiger partial charge in [-0.05, 0) is 37.3 Å². The number of benzene rings is 2. The van der Waals surface area contributed by atoms with E-state index in [9.17, 15) is 21.6 Å². The molecule has 4 aromatic rings. The fourth-order valence-electron chi connectivity index (χ4n) is 3.22. The lowest BCUT2D eigenvalue weighted by molar-refractivity contribution is -0.136. The Morgan fingerprint density at radius 2 is 1.63 bits per heavy atom. The predicted molar refractivity (Wildman–Crippen MR) is 105 cm³/mol. The Hall–Kier alpha value is -3.24. The highest BCUT2D eigenvalue weighted by Gasteiger charge is 2.35. The van der Waals surface area contributed by atoms with Crippen LogP contribution in [0, 0.1) is 6.92 Å². The van der Waals surface area contributed by atoms with E-state index in [1.165, 1.54) is 35.9 Å². The third kappa shape index (κ3) is 3.55. The average Bonchev–Trinajstić information content (AvgIpc) is 3.03. The third-order valence-electron chi connectivity index (χ3n) is 4.60. The number of aryl methyl sites for hydroxylation is 1. The molecule has 0 bridgehead atoms. The van der Waals surface area contributed by atoms with Crippen molar-refractivity contribution in [2.75, 3.05) is 0 Å². The number of fused-ring (bicyclic) bond motifs is 1. The minimum Gasteiger partial charge on any atom is -0.228 e. The van der Waals surface area contributed by atoms with Gasteiger partial charge in [0.05, 0.1) is 32.9 Å². The minimum absolute atomic E-state index is 0.0351. The topological polar surface area (TPSA) is 90.9 Å². The lowest BCUT2D eigenvalue weighted by Gasteiger charge is -2.12. The zero-order chi connectivity index (χ0) is 21.7. The maximum absolute atomic E-state index is 13.9. The molecule has 6 nitrogen and oxygen atoms in total. The number of pyridine rings is 1. The Balaban J connectivity index is 2.00.